The number of carbonyl (C=O) groups is 1. The van der Waals surface area contributed by atoms with Crippen LogP contribution in [0, 0.1) is 19.7 Å². The summed E-state index contributed by atoms with van der Waals surface area (Å²) >= 11 is 5.81. The molecule has 0 saturated heterocycles. The second kappa shape index (κ2) is 9.12. The van der Waals surface area contributed by atoms with Crippen LogP contribution in [0.2, 0.25) is 5.02 Å². The number of rotatable bonds is 5. The number of anilines is 1. The molecule has 0 spiro atoms. The van der Waals surface area contributed by atoms with Gasteiger partial charge in [-0.05, 0) is 56.2 Å². The van der Waals surface area contributed by atoms with Crippen molar-refractivity contribution in [2.24, 2.45) is 0 Å². The van der Waals surface area contributed by atoms with Gasteiger partial charge in [-0.2, -0.15) is 0 Å². The summed E-state index contributed by atoms with van der Waals surface area (Å²) in [4.78, 5) is 12.6. The van der Waals surface area contributed by atoms with Crippen LogP contribution in [0.1, 0.15) is 23.6 Å². The first-order chi connectivity index (χ1) is 15.8. The lowest BCUT2D eigenvalue weighted by Crippen LogP contribution is -2.09. The molecule has 0 unspecified atom stereocenters. The molecule has 0 aliphatic heterocycles. The fraction of sp³-hybridized carbons (Fsp3) is 0.148. The molecule has 4 rings (SSSR count). The minimum absolute atomic E-state index is 0.0557. The van der Waals surface area contributed by atoms with E-state index in [4.69, 9.17) is 20.8 Å². The van der Waals surface area contributed by atoms with E-state index in [-0.39, 0.29) is 10.9 Å². The van der Waals surface area contributed by atoms with Crippen molar-refractivity contribution in [1.82, 2.24) is 0 Å². The number of carbonyl (C=O) groups excluding carboxylic acids is 1. The molecule has 0 fully saturated rings. The first-order valence-electron chi connectivity index (χ1n) is 10.4. The van der Waals surface area contributed by atoms with Gasteiger partial charge in [0.1, 0.15) is 17.1 Å². The van der Waals surface area contributed by atoms with Crippen molar-refractivity contribution in [3.63, 3.8) is 0 Å². The van der Waals surface area contributed by atoms with Crippen LogP contribution in [0.3, 0.4) is 0 Å². The highest BCUT2D eigenvalue weighted by Gasteiger charge is 2.19. The maximum atomic E-state index is 13.4. The van der Waals surface area contributed by atoms with E-state index < -0.39 is 5.82 Å². The van der Waals surface area contributed by atoms with Gasteiger partial charge in [-0.1, -0.05) is 41.4 Å². The largest absolute Gasteiger partial charge is 0.496 e. The zero-order valence-corrected chi connectivity index (χ0v) is 19.5. The molecule has 4 nitrogen and oxygen atoms in total. The number of amides is 1. The number of nitrogens with one attached hydrogen (secondary N) is 1. The zero-order valence-electron chi connectivity index (χ0n) is 18.8. The van der Waals surface area contributed by atoms with Crippen LogP contribution < -0.4 is 10.1 Å². The van der Waals surface area contributed by atoms with Crippen LogP contribution in [0.25, 0.3) is 27.7 Å². The molecule has 4 aromatic rings. The minimum Gasteiger partial charge on any atom is -0.496 e. The van der Waals surface area contributed by atoms with E-state index in [2.05, 4.69) is 29.6 Å². The third kappa shape index (κ3) is 4.50. The molecule has 168 valence electrons. The second-order valence-corrected chi connectivity index (χ2v) is 8.33. The summed E-state index contributed by atoms with van der Waals surface area (Å²) < 4.78 is 25.0. The normalized spacial score (nSPS) is 11.6. The molecule has 1 amide bonds. The molecule has 0 bridgehead atoms. The fourth-order valence-corrected chi connectivity index (χ4v) is 4.04. The number of allylic oxidation sites excluding steroid dienone is 1. The average molecular weight is 464 g/mol. The Balaban J connectivity index is 1.74. The maximum Gasteiger partial charge on any atom is 0.248 e. The van der Waals surface area contributed by atoms with E-state index in [0.29, 0.717) is 17.0 Å². The maximum absolute atomic E-state index is 13.4. The standard InChI is InChI=1S/C27H23ClFNO3/c1-15-5-7-18(8-6-15)22-14-33-27-17(3)26(32-4)20(13-21(22)27)16(2)11-25(31)30-19-9-10-24(29)23(28)12-19/h5-14H,1-4H3,(H,30,31)/b16-11+. The van der Waals surface area contributed by atoms with Gasteiger partial charge in [0.15, 0.2) is 0 Å². The Kier molecular flexibility index (Phi) is 6.25. The van der Waals surface area contributed by atoms with Crippen LogP contribution in [-0.2, 0) is 4.79 Å². The molecule has 1 N–H and O–H groups in total. The summed E-state index contributed by atoms with van der Waals surface area (Å²) in [6.45, 7) is 5.82. The van der Waals surface area contributed by atoms with Crippen molar-refractivity contribution in [2.45, 2.75) is 20.8 Å². The fourth-order valence-electron chi connectivity index (χ4n) is 3.86. The van der Waals surface area contributed by atoms with Gasteiger partial charge >= 0.3 is 0 Å². The summed E-state index contributed by atoms with van der Waals surface area (Å²) in [6.07, 6.45) is 3.22. The highest BCUT2D eigenvalue weighted by molar-refractivity contribution is 6.31. The second-order valence-electron chi connectivity index (χ2n) is 7.92. The third-order valence-electron chi connectivity index (χ3n) is 5.57. The van der Waals surface area contributed by atoms with E-state index in [1.165, 1.54) is 29.8 Å². The molecule has 0 aliphatic rings. The number of methoxy groups -OCH3 is 1. The van der Waals surface area contributed by atoms with Crippen molar-refractivity contribution >= 4 is 39.7 Å². The SMILES string of the molecule is COc1c(/C(C)=C/C(=O)Nc2ccc(F)c(Cl)c2)cc2c(-c3ccc(C)cc3)coc2c1C. The van der Waals surface area contributed by atoms with E-state index in [9.17, 15) is 9.18 Å². The predicted molar refractivity (Wildman–Crippen MR) is 131 cm³/mol. The number of ether oxygens (including phenoxy) is 1. The summed E-state index contributed by atoms with van der Waals surface area (Å²) in [5, 5.41) is 3.59. The lowest BCUT2D eigenvalue weighted by molar-refractivity contribution is -0.111. The molecule has 1 aromatic heterocycles. The first-order valence-corrected chi connectivity index (χ1v) is 10.8. The van der Waals surface area contributed by atoms with Crippen molar-refractivity contribution < 1.29 is 18.3 Å². The topological polar surface area (TPSA) is 51.5 Å². The van der Waals surface area contributed by atoms with Crippen molar-refractivity contribution in [1.29, 1.82) is 0 Å². The summed E-state index contributed by atoms with van der Waals surface area (Å²) in [7, 11) is 1.59. The van der Waals surface area contributed by atoms with Crippen molar-refractivity contribution in [3.05, 3.63) is 88.4 Å². The highest BCUT2D eigenvalue weighted by Crippen LogP contribution is 2.40. The van der Waals surface area contributed by atoms with Gasteiger partial charge in [0.05, 0.1) is 18.4 Å². The molecule has 1 heterocycles. The van der Waals surface area contributed by atoms with E-state index in [1.54, 1.807) is 13.4 Å². The minimum atomic E-state index is -0.542. The Morgan fingerprint density at radius 1 is 1.12 bits per heavy atom. The Morgan fingerprint density at radius 2 is 1.85 bits per heavy atom. The van der Waals surface area contributed by atoms with Crippen LogP contribution in [0.4, 0.5) is 10.1 Å². The Labute approximate surface area is 196 Å². The van der Waals surface area contributed by atoms with E-state index in [1.807, 2.05) is 26.8 Å². The Morgan fingerprint density at radius 3 is 2.52 bits per heavy atom. The quantitative estimate of drug-likeness (QED) is 0.311. The van der Waals surface area contributed by atoms with Crippen molar-refractivity contribution in [2.75, 3.05) is 12.4 Å². The van der Waals surface area contributed by atoms with Crippen LogP contribution in [-0.4, -0.2) is 13.0 Å². The van der Waals surface area contributed by atoms with Gasteiger partial charge < -0.3 is 14.5 Å². The number of furan rings is 1. The molecule has 0 atom stereocenters. The van der Waals surface area contributed by atoms with E-state index in [0.717, 1.165) is 33.2 Å². The molecule has 33 heavy (non-hydrogen) atoms. The highest BCUT2D eigenvalue weighted by atomic mass is 35.5. The number of hydrogen-bond donors (Lipinski definition) is 1. The van der Waals surface area contributed by atoms with Crippen LogP contribution >= 0.6 is 11.6 Å². The van der Waals surface area contributed by atoms with Gasteiger partial charge in [-0.3, -0.25) is 4.79 Å². The van der Waals surface area contributed by atoms with Gasteiger partial charge in [-0.25, -0.2) is 4.39 Å². The Hall–Kier alpha value is -3.57. The van der Waals surface area contributed by atoms with Gasteiger partial charge in [0.2, 0.25) is 5.91 Å². The number of fused-ring (bicyclic) bond motifs is 1. The monoisotopic (exact) mass is 463 g/mol. The molecule has 6 heteroatoms. The third-order valence-corrected chi connectivity index (χ3v) is 5.86. The predicted octanol–water partition coefficient (Wildman–Crippen LogP) is 7.56. The number of hydrogen-bond acceptors (Lipinski definition) is 3. The van der Waals surface area contributed by atoms with E-state index >= 15 is 0 Å². The number of benzene rings is 3. The van der Waals surface area contributed by atoms with Crippen molar-refractivity contribution in [3.8, 4) is 16.9 Å². The molecular formula is C27H23ClFNO3. The summed E-state index contributed by atoms with van der Waals surface area (Å²) in [5.41, 5.74) is 6.68. The number of halogens is 2. The average Bonchev–Trinajstić information content (AvgIpc) is 3.21. The lowest BCUT2D eigenvalue weighted by atomic mass is 9.96. The zero-order chi connectivity index (χ0) is 23.7. The lowest BCUT2D eigenvalue weighted by Gasteiger charge is -2.13. The molecule has 3 aromatic carbocycles. The van der Waals surface area contributed by atoms with Crippen LogP contribution in [0.15, 0.2) is 65.3 Å². The molecular weight excluding hydrogens is 441 g/mol. The first kappa shape index (κ1) is 22.6. The number of aryl methyl sites for hydroxylation is 2. The summed E-state index contributed by atoms with van der Waals surface area (Å²) in [6, 6.07) is 14.2. The van der Waals surface area contributed by atoms with Crippen LogP contribution in [0.5, 0.6) is 5.75 Å². The Bertz CT molecular complexity index is 1390. The summed E-state index contributed by atoms with van der Waals surface area (Å²) in [5.74, 6) is -0.265. The molecule has 0 radical (unpaired) electrons. The van der Waals surface area contributed by atoms with Gasteiger partial charge in [0, 0.05) is 33.8 Å². The molecule has 0 saturated carbocycles. The molecule has 0 aliphatic carbocycles. The smallest absolute Gasteiger partial charge is 0.248 e. The van der Waals surface area contributed by atoms with Gasteiger partial charge in [-0.15, -0.1) is 0 Å². The van der Waals surface area contributed by atoms with Gasteiger partial charge in [0.25, 0.3) is 0 Å².